The predicted molar refractivity (Wildman–Crippen MR) is 62.3 cm³/mol. The van der Waals surface area contributed by atoms with Gasteiger partial charge >= 0.3 is 0 Å². The first-order chi connectivity index (χ1) is 7.05. The Morgan fingerprint density at radius 3 is 2.33 bits per heavy atom. The van der Waals surface area contributed by atoms with Crippen LogP contribution in [0.1, 0.15) is 6.42 Å². The van der Waals surface area contributed by atoms with Crippen molar-refractivity contribution in [3.05, 3.63) is 30.3 Å². The molecule has 0 unspecified atom stereocenters. The summed E-state index contributed by atoms with van der Waals surface area (Å²) < 4.78 is 24.4. The van der Waals surface area contributed by atoms with Crippen LogP contribution in [0.5, 0.6) is 0 Å². The summed E-state index contributed by atoms with van der Waals surface area (Å²) in [5, 5.41) is 0. The van der Waals surface area contributed by atoms with Crippen LogP contribution >= 0.6 is 0 Å². The molecule has 0 amide bonds. The molecular formula is C10H16N2O2S. The van der Waals surface area contributed by atoms with Crippen LogP contribution in [0.3, 0.4) is 0 Å². The molecule has 0 aromatic heterocycles. The summed E-state index contributed by atoms with van der Waals surface area (Å²) in [6.45, 7) is 0.915. The van der Waals surface area contributed by atoms with E-state index in [0.29, 0.717) is 25.2 Å². The molecule has 84 valence electrons. The zero-order chi connectivity index (χ0) is 11.3. The van der Waals surface area contributed by atoms with Crippen LogP contribution in [0.15, 0.2) is 30.3 Å². The van der Waals surface area contributed by atoms with E-state index in [1.807, 2.05) is 18.2 Å². The van der Waals surface area contributed by atoms with Gasteiger partial charge in [-0.15, -0.1) is 0 Å². The number of sulfonamides is 1. The highest BCUT2D eigenvalue weighted by atomic mass is 32.2. The van der Waals surface area contributed by atoms with Gasteiger partial charge in [-0.05, 0) is 25.1 Å². The first kappa shape index (κ1) is 12.0. The number of nitrogens with two attached hydrogens (primary N) is 1. The van der Waals surface area contributed by atoms with E-state index in [1.165, 1.54) is 10.6 Å². The number of anilines is 1. The number of rotatable bonds is 5. The van der Waals surface area contributed by atoms with Gasteiger partial charge in [-0.1, -0.05) is 18.2 Å². The monoisotopic (exact) mass is 228 g/mol. The van der Waals surface area contributed by atoms with Gasteiger partial charge in [0.15, 0.2) is 0 Å². The molecule has 4 nitrogen and oxygen atoms in total. The molecule has 1 aromatic rings. The van der Waals surface area contributed by atoms with E-state index in [2.05, 4.69) is 0 Å². The zero-order valence-corrected chi connectivity index (χ0v) is 9.57. The average molecular weight is 228 g/mol. The topological polar surface area (TPSA) is 63.4 Å². The molecule has 2 N–H and O–H groups in total. The lowest BCUT2D eigenvalue weighted by Crippen LogP contribution is -2.31. The van der Waals surface area contributed by atoms with Crippen LogP contribution in [-0.2, 0) is 10.0 Å². The van der Waals surface area contributed by atoms with Gasteiger partial charge in [0, 0.05) is 6.54 Å². The van der Waals surface area contributed by atoms with Crippen LogP contribution in [-0.4, -0.2) is 27.8 Å². The van der Waals surface area contributed by atoms with Crippen molar-refractivity contribution in [2.75, 3.05) is 23.7 Å². The third-order valence-corrected chi connectivity index (χ3v) is 3.20. The van der Waals surface area contributed by atoms with Crippen molar-refractivity contribution < 1.29 is 8.42 Å². The summed E-state index contributed by atoms with van der Waals surface area (Å²) in [4.78, 5) is 0. The van der Waals surface area contributed by atoms with Crippen molar-refractivity contribution in [3.8, 4) is 0 Å². The second-order valence-electron chi connectivity index (χ2n) is 3.31. The summed E-state index contributed by atoms with van der Waals surface area (Å²) in [7, 11) is -3.21. The lowest BCUT2D eigenvalue weighted by atomic mass is 10.3. The summed E-state index contributed by atoms with van der Waals surface area (Å²) >= 11 is 0. The van der Waals surface area contributed by atoms with E-state index in [1.54, 1.807) is 12.1 Å². The SMILES string of the molecule is CS(=O)(=O)N(CCCN)c1ccccc1. The Labute approximate surface area is 90.8 Å². The Bertz CT molecular complexity index is 389. The van der Waals surface area contributed by atoms with Crippen LogP contribution < -0.4 is 10.0 Å². The lowest BCUT2D eigenvalue weighted by molar-refractivity contribution is 0.595. The Hall–Kier alpha value is -1.07. The number of hydrogen-bond donors (Lipinski definition) is 1. The summed E-state index contributed by atoms with van der Waals surface area (Å²) in [5.41, 5.74) is 6.07. The number of hydrogen-bond acceptors (Lipinski definition) is 3. The van der Waals surface area contributed by atoms with E-state index in [-0.39, 0.29) is 0 Å². The van der Waals surface area contributed by atoms with Gasteiger partial charge in [-0.2, -0.15) is 0 Å². The van der Waals surface area contributed by atoms with Crippen molar-refractivity contribution in [2.45, 2.75) is 6.42 Å². The zero-order valence-electron chi connectivity index (χ0n) is 8.76. The third-order valence-electron chi connectivity index (χ3n) is 2.01. The largest absolute Gasteiger partial charge is 0.330 e. The standard InChI is InChI=1S/C10H16N2O2S/c1-15(13,14)12(9-5-8-11)10-6-3-2-4-7-10/h2-4,6-7H,5,8-9,11H2,1H3. The van der Waals surface area contributed by atoms with Crippen LogP contribution in [0, 0.1) is 0 Å². The molecule has 0 aliphatic rings. The first-order valence-corrected chi connectivity index (χ1v) is 6.63. The predicted octanol–water partition coefficient (Wildman–Crippen LogP) is 0.801. The maximum Gasteiger partial charge on any atom is 0.232 e. The van der Waals surface area contributed by atoms with Gasteiger partial charge in [0.2, 0.25) is 10.0 Å². The second kappa shape index (κ2) is 5.14. The van der Waals surface area contributed by atoms with E-state index in [9.17, 15) is 8.42 Å². The molecule has 0 fully saturated rings. The molecule has 0 saturated heterocycles. The molecule has 0 bridgehead atoms. The molecular weight excluding hydrogens is 212 g/mol. The molecule has 1 aromatic carbocycles. The van der Waals surface area contributed by atoms with Crippen molar-refractivity contribution in [2.24, 2.45) is 5.73 Å². The van der Waals surface area contributed by atoms with E-state index < -0.39 is 10.0 Å². The second-order valence-corrected chi connectivity index (χ2v) is 5.22. The molecule has 1 rings (SSSR count). The van der Waals surface area contributed by atoms with Gasteiger partial charge in [-0.3, -0.25) is 4.31 Å². The fraction of sp³-hybridized carbons (Fsp3) is 0.400. The maximum absolute atomic E-state index is 11.5. The fourth-order valence-electron chi connectivity index (χ4n) is 1.32. The van der Waals surface area contributed by atoms with E-state index in [0.717, 1.165) is 0 Å². The van der Waals surface area contributed by atoms with Crippen LogP contribution in [0.4, 0.5) is 5.69 Å². The molecule has 0 atom stereocenters. The minimum absolute atomic E-state index is 0.430. The molecule has 0 aliphatic heterocycles. The molecule has 0 radical (unpaired) electrons. The molecule has 0 saturated carbocycles. The molecule has 5 heteroatoms. The Morgan fingerprint density at radius 1 is 1.27 bits per heavy atom. The van der Waals surface area contributed by atoms with Gasteiger partial charge < -0.3 is 5.73 Å². The summed E-state index contributed by atoms with van der Waals surface area (Å²) in [5.74, 6) is 0. The molecule has 0 spiro atoms. The Kier molecular flexibility index (Phi) is 4.11. The minimum Gasteiger partial charge on any atom is -0.330 e. The molecule has 15 heavy (non-hydrogen) atoms. The summed E-state index contributed by atoms with van der Waals surface area (Å²) in [6, 6.07) is 9.04. The van der Waals surface area contributed by atoms with Crippen molar-refractivity contribution in [1.82, 2.24) is 0 Å². The number of nitrogens with zero attached hydrogens (tertiary/aromatic N) is 1. The molecule has 0 aliphatic carbocycles. The van der Waals surface area contributed by atoms with E-state index in [4.69, 9.17) is 5.73 Å². The highest BCUT2D eigenvalue weighted by Gasteiger charge is 2.15. The maximum atomic E-state index is 11.5. The highest BCUT2D eigenvalue weighted by molar-refractivity contribution is 7.92. The average Bonchev–Trinajstić information content (AvgIpc) is 2.18. The highest BCUT2D eigenvalue weighted by Crippen LogP contribution is 2.16. The van der Waals surface area contributed by atoms with Gasteiger partial charge in [0.1, 0.15) is 0 Å². The van der Waals surface area contributed by atoms with Crippen molar-refractivity contribution >= 4 is 15.7 Å². The fourth-order valence-corrected chi connectivity index (χ4v) is 2.28. The van der Waals surface area contributed by atoms with Crippen LogP contribution in [0.25, 0.3) is 0 Å². The van der Waals surface area contributed by atoms with E-state index >= 15 is 0 Å². The van der Waals surface area contributed by atoms with Gasteiger partial charge in [0.05, 0.1) is 11.9 Å². The Balaban J connectivity index is 2.92. The lowest BCUT2D eigenvalue weighted by Gasteiger charge is -2.21. The summed E-state index contributed by atoms with van der Waals surface area (Å²) in [6.07, 6.45) is 1.86. The minimum atomic E-state index is -3.21. The smallest absolute Gasteiger partial charge is 0.232 e. The Morgan fingerprint density at radius 2 is 1.87 bits per heavy atom. The van der Waals surface area contributed by atoms with Gasteiger partial charge in [0.25, 0.3) is 0 Å². The first-order valence-electron chi connectivity index (χ1n) is 4.78. The third kappa shape index (κ3) is 3.53. The molecule has 0 heterocycles. The normalized spacial score (nSPS) is 11.3. The van der Waals surface area contributed by atoms with Crippen molar-refractivity contribution in [3.63, 3.8) is 0 Å². The number of benzene rings is 1. The van der Waals surface area contributed by atoms with Gasteiger partial charge in [-0.25, -0.2) is 8.42 Å². The van der Waals surface area contributed by atoms with Crippen molar-refractivity contribution in [1.29, 1.82) is 0 Å². The number of para-hydroxylation sites is 1. The van der Waals surface area contributed by atoms with Crippen LogP contribution in [0.2, 0.25) is 0 Å². The quantitative estimate of drug-likeness (QED) is 0.811.